The molecule has 0 aliphatic carbocycles. The number of furan rings is 1. The van der Waals surface area contributed by atoms with Crippen molar-refractivity contribution in [2.45, 2.75) is 26.2 Å². The average Bonchev–Trinajstić information content (AvgIpc) is 2.99. The van der Waals surface area contributed by atoms with Crippen LogP contribution in [0.5, 0.6) is 0 Å². The fourth-order valence-corrected chi connectivity index (χ4v) is 3.32. The molecule has 1 heterocycles. The summed E-state index contributed by atoms with van der Waals surface area (Å²) in [7, 11) is 2.09. The number of hydrogen-bond acceptors (Lipinski definition) is 2. The molecule has 4 aromatic rings. The summed E-state index contributed by atoms with van der Waals surface area (Å²) >= 11 is 0. The average molecular weight is 329 g/mol. The zero-order valence-corrected chi connectivity index (χ0v) is 15.2. The molecular weight excluding hydrogens is 306 g/mol. The van der Waals surface area contributed by atoms with Crippen LogP contribution in [0.15, 0.2) is 71.1 Å². The lowest BCUT2D eigenvalue weighted by Crippen LogP contribution is -2.13. The van der Waals surface area contributed by atoms with E-state index in [0.717, 1.165) is 33.3 Å². The van der Waals surface area contributed by atoms with Gasteiger partial charge in [0.25, 0.3) is 0 Å². The molecule has 2 heteroatoms. The molecular formula is C23H23NO. The number of nitrogens with zero attached hydrogens (tertiary/aromatic N) is 1. The summed E-state index contributed by atoms with van der Waals surface area (Å²) < 4.78 is 6.16. The second-order valence-electron chi connectivity index (χ2n) is 7.61. The molecule has 0 radical (unpaired) electrons. The van der Waals surface area contributed by atoms with E-state index in [-0.39, 0.29) is 5.41 Å². The Hall–Kier alpha value is -2.74. The third kappa shape index (κ3) is 2.68. The van der Waals surface area contributed by atoms with Crippen molar-refractivity contribution in [3.05, 3.63) is 72.3 Å². The largest absolute Gasteiger partial charge is 0.454 e. The van der Waals surface area contributed by atoms with Crippen LogP contribution in [0.4, 0.5) is 11.4 Å². The van der Waals surface area contributed by atoms with E-state index >= 15 is 0 Å². The van der Waals surface area contributed by atoms with Crippen molar-refractivity contribution >= 4 is 33.3 Å². The molecule has 0 aliphatic rings. The summed E-state index contributed by atoms with van der Waals surface area (Å²) in [6, 6.07) is 23.3. The first-order valence-electron chi connectivity index (χ1n) is 8.70. The zero-order valence-electron chi connectivity index (χ0n) is 15.2. The lowest BCUT2D eigenvalue weighted by molar-refractivity contribution is 0.590. The molecule has 2 nitrogen and oxygen atoms in total. The predicted octanol–water partition coefficient (Wildman–Crippen LogP) is 6.65. The van der Waals surface area contributed by atoms with Crippen LogP contribution in [0.25, 0.3) is 21.9 Å². The lowest BCUT2D eigenvalue weighted by atomic mass is 9.87. The molecule has 3 aromatic carbocycles. The topological polar surface area (TPSA) is 16.4 Å². The molecule has 126 valence electrons. The van der Waals surface area contributed by atoms with Crippen LogP contribution in [-0.2, 0) is 5.41 Å². The molecule has 0 aliphatic heterocycles. The van der Waals surface area contributed by atoms with E-state index in [9.17, 15) is 0 Å². The highest BCUT2D eigenvalue weighted by atomic mass is 16.3. The number of rotatable bonds is 2. The Kier molecular flexibility index (Phi) is 3.57. The fraction of sp³-hybridized carbons (Fsp3) is 0.217. The summed E-state index contributed by atoms with van der Waals surface area (Å²) in [4.78, 5) is 2.19. The van der Waals surface area contributed by atoms with Crippen molar-refractivity contribution in [2.24, 2.45) is 0 Å². The molecule has 0 bridgehead atoms. The lowest BCUT2D eigenvalue weighted by Gasteiger charge is -2.23. The van der Waals surface area contributed by atoms with E-state index in [1.165, 1.54) is 5.56 Å². The van der Waals surface area contributed by atoms with Gasteiger partial charge in [-0.25, -0.2) is 0 Å². The van der Waals surface area contributed by atoms with E-state index in [2.05, 4.69) is 87.3 Å². The molecule has 4 rings (SSSR count). The van der Waals surface area contributed by atoms with Gasteiger partial charge in [0.05, 0.1) is 5.69 Å². The third-order valence-corrected chi connectivity index (χ3v) is 4.87. The summed E-state index contributed by atoms with van der Waals surface area (Å²) in [6.07, 6.45) is 0. The first kappa shape index (κ1) is 15.8. The van der Waals surface area contributed by atoms with Crippen molar-refractivity contribution in [1.82, 2.24) is 0 Å². The molecule has 0 saturated heterocycles. The van der Waals surface area contributed by atoms with Gasteiger partial charge in [-0.05, 0) is 35.2 Å². The minimum atomic E-state index is 0.163. The fourth-order valence-electron chi connectivity index (χ4n) is 3.32. The molecule has 0 spiro atoms. The van der Waals surface area contributed by atoms with Crippen LogP contribution in [0.3, 0.4) is 0 Å². The maximum atomic E-state index is 6.16. The second-order valence-corrected chi connectivity index (χ2v) is 7.61. The number of benzene rings is 3. The highest BCUT2D eigenvalue weighted by Crippen LogP contribution is 2.37. The van der Waals surface area contributed by atoms with Gasteiger partial charge in [-0.1, -0.05) is 63.2 Å². The predicted molar refractivity (Wildman–Crippen MR) is 107 cm³/mol. The summed E-state index contributed by atoms with van der Waals surface area (Å²) in [5, 5.41) is 2.32. The highest BCUT2D eigenvalue weighted by molar-refractivity contribution is 6.09. The van der Waals surface area contributed by atoms with Gasteiger partial charge in [0.15, 0.2) is 5.58 Å². The minimum Gasteiger partial charge on any atom is -0.454 e. The van der Waals surface area contributed by atoms with E-state index < -0.39 is 0 Å². The number of para-hydroxylation sites is 2. The summed E-state index contributed by atoms with van der Waals surface area (Å²) in [5.74, 6) is 0. The maximum absolute atomic E-state index is 6.16. The Balaban J connectivity index is 1.81. The Morgan fingerprint density at radius 1 is 0.760 bits per heavy atom. The van der Waals surface area contributed by atoms with E-state index in [1.807, 2.05) is 12.1 Å². The molecule has 0 fully saturated rings. The second kappa shape index (κ2) is 5.66. The Labute approximate surface area is 148 Å². The summed E-state index contributed by atoms with van der Waals surface area (Å²) in [5.41, 5.74) is 5.60. The molecule has 0 N–H and O–H groups in total. The number of anilines is 2. The van der Waals surface area contributed by atoms with Crippen molar-refractivity contribution in [1.29, 1.82) is 0 Å². The minimum absolute atomic E-state index is 0.163. The van der Waals surface area contributed by atoms with Crippen LogP contribution in [0.1, 0.15) is 26.3 Å². The van der Waals surface area contributed by atoms with Crippen LogP contribution >= 0.6 is 0 Å². The molecule has 0 saturated carbocycles. The Morgan fingerprint density at radius 3 is 2.16 bits per heavy atom. The highest BCUT2D eigenvalue weighted by Gasteiger charge is 2.16. The van der Waals surface area contributed by atoms with Crippen LogP contribution in [0, 0.1) is 0 Å². The van der Waals surface area contributed by atoms with Crippen LogP contribution < -0.4 is 4.90 Å². The van der Waals surface area contributed by atoms with Crippen LogP contribution in [0.2, 0.25) is 0 Å². The van der Waals surface area contributed by atoms with Gasteiger partial charge in [0.1, 0.15) is 5.58 Å². The number of fused-ring (bicyclic) bond motifs is 3. The first-order valence-corrected chi connectivity index (χ1v) is 8.70. The van der Waals surface area contributed by atoms with Gasteiger partial charge in [-0.2, -0.15) is 0 Å². The van der Waals surface area contributed by atoms with Crippen molar-refractivity contribution in [2.75, 3.05) is 11.9 Å². The first-order chi connectivity index (χ1) is 11.9. The smallest absolute Gasteiger partial charge is 0.159 e. The van der Waals surface area contributed by atoms with Gasteiger partial charge >= 0.3 is 0 Å². The molecule has 25 heavy (non-hydrogen) atoms. The van der Waals surface area contributed by atoms with E-state index in [1.54, 1.807) is 0 Å². The van der Waals surface area contributed by atoms with Crippen molar-refractivity contribution in [3.63, 3.8) is 0 Å². The Morgan fingerprint density at radius 2 is 1.44 bits per heavy atom. The molecule has 1 aromatic heterocycles. The van der Waals surface area contributed by atoms with Crippen molar-refractivity contribution in [3.8, 4) is 0 Å². The summed E-state index contributed by atoms with van der Waals surface area (Å²) in [6.45, 7) is 6.71. The van der Waals surface area contributed by atoms with Gasteiger partial charge in [0, 0.05) is 23.5 Å². The van der Waals surface area contributed by atoms with Gasteiger partial charge in [0.2, 0.25) is 0 Å². The third-order valence-electron chi connectivity index (χ3n) is 4.87. The zero-order chi connectivity index (χ0) is 17.6. The number of hydrogen-bond donors (Lipinski definition) is 0. The van der Waals surface area contributed by atoms with Gasteiger partial charge in [-0.15, -0.1) is 0 Å². The molecule has 0 atom stereocenters. The molecule has 0 unspecified atom stereocenters. The van der Waals surface area contributed by atoms with Gasteiger partial charge < -0.3 is 9.32 Å². The maximum Gasteiger partial charge on any atom is 0.159 e. The van der Waals surface area contributed by atoms with Crippen LogP contribution in [-0.4, -0.2) is 7.05 Å². The van der Waals surface area contributed by atoms with E-state index in [0.29, 0.717) is 0 Å². The normalized spacial score (nSPS) is 12.0. The van der Waals surface area contributed by atoms with E-state index in [4.69, 9.17) is 4.42 Å². The van der Waals surface area contributed by atoms with Gasteiger partial charge in [-0.3, -0.25) is 0 Å². The quantitative estimate of drug-likeness (QED) is 0.409. The SMILES string of the molecule is CN(c1ccc(C(C)(C)C)cc1)c1cccc2c1oc1ccccc12. The Bertz CT molecular complexity index is 1040. The molecule has 0 amide bonds. The monoisotopic (exact) mass is 329 g/mol. The standard InChI is InChI=1S/C23H23NO/c1-23(2,3)16-12-14-17(15-13-16)24(4)20-10-7-9-19-18-8-5-6-11-21(18)25-22(19)20/h5-15H,1-4H3. The van der Waals surface area contributed by atoms with Crippen molar-refractivity contribution < 1.29 is 4.42 Å².